The van der Waals surface area contributed by atoms with Gasteiger partial charge in [-0.3, -0.25) is 0 Å². The molecule has 3 heteroatoms. The highest BCUT2D eigenvalue weighted by molar-refractivity contribution is 5.41. The fourth-order valence-electron chi connectivity index (χ4n) is 3.08. The average molecular weight is 291 g/mol. The van der Waals surface area contributed by atoms with Crippen LogP contribution in [0, 0.1) is 5.82 Å². The number of hydrogen-bond acceptors (Lipinski definition) is 2. The van der Waals surface area contributed by atoms with Crippen molar-refractivity contribution < 1.29 is 9.13 Å². The van der Waals surface area contributed by atoms with Gasteiger partial charge in [0.2, 0.25) is 0 Å². The number of ether oxygens (including phenoxy) is 1. The van der Waals surface area contributed by atoms with Gasteiger partial charge in [-0.25, -0.2) is 4.39 Å². The van der Waals surface area contributed by atoms with Crippen LogP contribution in [-0.4, -0.2) is 13.7 Å². The second-order valence-electron chi connectivity index (χ2n) is 5.58. The van der Waals surface area contributed by atoms with Gasteiger partial charge in [0.25, 0.3) is 0 Å². The predicted octanol–water partition coefficient (Wildman–Crippen LogP) is 4.77. The smallest absolute Gasteiger partial charge is 0.132 e. The fraction of sp³-hybridized carbons (Fsp3) is 0.556. The molecule has 1 atom stereocenters. The first-order valence-corrected chi connectivity index (χ1v) is 8.02. The zero-order valence-electron chi connectivity index (χ0n) is 13.1. The summed E-state index contributed by atoms with van der Waals surface area (Å²) in [5, 5.41) is 3.44. The van der Waals surface area contributed by atoms with E-state index in [1.54, 1.807) is 13.2 Å². The third kappa shape index (κ3) is 4.07. The molecule has 1 unspecified atom stereocenters. The predicted molar refractivity (Wildman–Crippen MR) is 85.2 cm³/mol. The number of halogens is 1. The van der Waals surface area contributed by atoms with Gasteiger partial charge in [-0.1, -0.05) is 37.5 Å². The Labute approximate surface area is 127 Å². The van der Waals surface area contributed by atoms with E-state index in [0.29, 0.717) is 11.3 Å². The molecule has 0 aliphatic heterocycles. The maximum absolute atomic E-state index is 14.4. The molecular weight excluding hydrogens is 265 g/mol. The number of likely N-dealkylation sites (N-methyl/N-ethyl adjacent to an activating group) is 1. The summed E-state index contributed by atoms with van der Waals surface area (Å²) in [5.74, 6) is 0.437. The molecule has 0 bridgehead atoms. The minimum absolute atomic E-state index is 0.0794. The molecule has 0 saturated heterocycles. The third-order valence-corrected chi connectivity index (χ3v) is 4.13. The van der Waals surface area contributed by atoms with Crippen molar-refractivity contribution in [2.24, 2.45) is 0 Å². The van der Waals surface area contributed by atoms with Crippen LogP contribution >= 0.6 is 0 Å². The van der Waals surface area contributed by atoms with Gasteiger partial charge in [-0.05, 0) is 44.4 Å². The molecule has 21 heavy (non-hydrogen) atoms. The van der Waals surface area contributed by atoms with Crippen LogP contribution in [0.4, 0.5) is 4.39 Å². The molecule has 2 nitrogen and oxygen atoms in total. The minimum atomic E-state index is -0.191. The van der Waals surface area contributed by atoms with Crippen LogP contribution in [0.3, 0.4) is 0 Å². The van der Waals surface area contributed by atoms with Gasteiger partial charge < -0.3 is 10.1 Å². The minimum Gasteiger partial charge on any atom is -0.496 e. The van der Waals surface area contributed by atoms with Crippen molar-refractivity contribution >= 4 is 0 Å². The molecule has 2 rings (SSSR count). The summed E-state index contributed by atoms with van der Waals surface area (Å²) in [6.07, 6.45) is 9.42. The topological polar surface area (TPSA) is 21.3 Å². The van der Waals surface area contributed by atoms with Gasteiger partial charge in [-0.15, -0.1) is 0 Å². The fourth-order valence-corrected chi connectivity index (χ4v) is 3.08. The Balaban J connectivity index is 2.38. The van der Waals surface area contributed by atoms with Gasteiger partial charge >= 0.3 is 0 Å². The van der Waals surface area contributed by atoms with Crippen LogP contribution in [0.15, 0.2) is 29.8 Å². The van der Waals surface area contributed by atoms with E-state index in [9.17, 15) is 4.39 Å². The summed E-state index contributed by atoms with van der Waals surface area (Å²) in [4.78, 5) is 0. The van der Waals surface area contributed by atoms with E-state index < -0.39 is 0 Å². The van der Waals surface area contributed by atoms with E-state index in [1.165, 1.54) is 37.3 Å². The van der Waals surface area contributed by atoms with Crippen molar-refractivity contribution in [3.8, 4) is 5.75 Å². The van der Waals surface area contributed by atoms with Crippen molar-refractivity contribution in [3.63, 3.8) is 0 Å². The number of benzene rings is 1. The van der Waals surface area contributed by atoms with E-state index in [2.05, 4.69) is 18.3 Å². The molecule has 1 N–H and O–H groups in total. The molecule has 0 fully saturated rings. The Kier molecular flexibility index (Phi) is 6.24. The van der Waals surface area contributed by atoms with Crippen molar-refractivity contribution in [1.82, 2.24) is 5.32 Å². The molecule has 0 spiro atoms. The second kappa shape index (κ2) is 8.18. The van der Waals surface area contributed by atoms with Gasteiger partial charge in [0.1, 0.15) is 11.6 Å². The normalized spacial score (nSPS) is 20.0. The molecule has 0 amide bonds. The molecule has 1 aliphatic rings. The van der Waals surface area contributed by atoms with Crippen LogP contribution in [0.25, 0.3) is 0 Å². The first-order chi connectivity index (χ1) is 10.3. The summed E-state index contributed by atoms with van der Waals surface area (Å²) >= 11 is 0. The standard InChI is InChI=1S/C18H26FNO/c1-3-20-18(14-10-7-5-4-6-8-11-14)17-15(19)12-9-13-16(17)21-2/h9-10,12-13,18,20H,3-8,11H2,1-2H3/b14-10+. The first-order valence-electron chi connectivity index (χ1n) is 8.02. The van der Waals surface area contributed by atoms with Crippen LogP contribution in [-0.2, 0) is 0 Å². The molecule has 0 aromatic heterocycles. The molecule has 1 aliphatic carbocycles. The molecule has 0 radical (unpaired) electrons. The van der Waals surface area contributed by atoms with Gasteiger partial charge in [0.15, 0.2) is 0 Å². The maximum Gasteiger partial charge on any atom is 0.132 e. The molecule has 1 aromatic rings. The largest absolute Gasteiger partial charge is 0.496 e. The van der Waals surface area contributed by atoms with Crippen molar-refractivity contribution in [2.75, 3.05) is 13.7 Å². The summed E-state index contributed by atoms with van der Waals surface area (Å²) in [6.45, 7) is 2.86. The highest BCUT2D eigenvalue weighted by Gasteiger charge is 2.23. The summed E-state index contributed by atoms with van der Waals surface area (Å²) < 4.78 is 19.8. The quantitative estimate of drug-likeness (QED) is 0.789. The summed E-state index contributed by atoms with van der Waals surface area (Å²) in [7, 11) is 1.60. The van der Waals surface area contributed by atoms with Gasteiger partial charge in [-0.2, -0.15) is 0 Å². The molecular formula is C18H26FNO. The Morgan fingerprint density at radius 1 is 1.24 bits per heavy atom. The monoisotopic (exact) mass is 291 g/mol. The number of methoxy groups -OCH3 is 1. The maximum atomic E-state index is 14.4. The van der Waals surface area contributed by atoms with Gasteiger partial charge in [0.05, 0.1) is 18.7 Å². The number of hydrogen-bond donors (Lipinski definition) is 1. The molecule has 116 valence electrons. The Morgan fingerprint density at radius 3 is 2.81 bits per heavy atom. The number of allylic oxidation sites excluding steroid dienone is 1. The van der Waals surface area contributed by atoms with Crippen molar-refractivity contribution in [1.29, 1.82) is 0 Å². The van der Waals surface area contributed by atoms with Gasteiger partial charge in [0, 0.05) is 0 Å². The molecule has 0 saturated carbocycles. The third-order valence-electron chi connectivity index (χ3n) is 4.13. The first kappa shape index (κ1) is 16.0. The molecule has 1 aromatic carbocycles. The lowest BCUT2D eigenvalue weighted by Gasteiger charge is -2.25. The lowest BCUT2D eigenvalue weighted by atomic mass is 9.90. The highest BCUT2D eigenvalue weighted by Crippen LogP contribution is 2.35. The summed E-state index contributed by atoms with van der Waals surface area (Å²) in [6, 6.07) is 4.98. The Bertz CT molecular complexity index is 484. The second-order valence-corrected chi connectivity index (χ2v) is 5.58. The zero-order chi connectivity index (χ0) is 15.1. The number of nitrogens with one attached hydrogen (secondary N) is 1. The zero-order valence-corrected chi connectivity index (χ0v) is 13.1. The average Bonchev–Trinajstić information content (AvgIpc) is 2.45. The van der Waals surface area contributed by atoms with E-state index in [-0.39, 0.29) is 11.9 Å². The van der Waals surface area contributed by atoms with E-state index in [0.717, 1.165) is 19.4 Å². The lowest BCUT2D eigenvalue weighted by Crippen LogP contribution is -2.25. The number of rotatable bonds is 5. The van der Waals surface area contributed by atoms with E-state index in [4.69, 9.17) is 4.74 Å². The summed E-state index contributed by atoms with van der Waals surface area (Å²) in [5.41, 5.74) is 1.95. The van der Waals surface area contributed by atoms with Crippen molar-refractivity contribution in [3.05, 3.63) is 41.2 Å². The van der Waals surface area contributed by atoms with Crippen LogP contribution in [0.5, 0.6) is 5.75 Å². The SMILES string of the molecule is CCNC(/C1=C/CCCCCC1)c1c(F)cccc1OC. The highest BCUT2D eigenvalue weighted by atomic mass is 19.1. The van der Waals surface area contributed by atoms with E-state index >= 15 is 0 Å². The Morgan fingerprint density at radius 2 is 2.05 bits per heavy atom. The lowest BCUT2D eigenvalue weighted by molar-refractivity contribution is 0.395. The van der Waals surface area contributed by atoms with Crippen LogP contribution in [0.2, 0.25) is 0 Å². The van der Waals surface area contributed by atoms with E-state index in [1.807, 2.05) is 6.07 Å². The molecule has 0 heterocycles. The van der Waals surface area contributed by atoms with Crippen molar-refractivity contribution in [2.45, 2.75) is 51.5 Å². The van der Waals surface area contributed by atoms with Crippen LogP contribution < -0.4 is 10.1 Å². The Hall–Kier alpha value is -1.35. The van der Waals surface area contributed by atoms with Crippen LogP contribution in [0.1, 0.15) is 57.1 Å².